The zero-order chi connectivity index (χ0) is 24.6. The molecule has 7 nitrogen and oxygen atoms in total. The van der Waals surface area contributed by atoms with Gasteiger partial charge in [-0.1, -0.05) is 58.9 Å². The number of amides is 2. The monoisotopic (exact) mass is 454 g/mol. The molecular formula is C26H34N2O5. The lowest BCUT2D eigenvalue weighted by Crippen LogP contribution is -2.46. The number of ether oxygens (including phenoxy) is 2. The van der Waals surface area contributed by atoms with Crippen LogP contribution in [0.3, 0.4) is 0 Å². The normalized spacial score (nSPS) is 12.1. The van der Waals surface area contributed by atoms with E-state index in [1.165, 1.54) is 0 Å². The van der Waals surface area contributed by atoms with E-state index in [0.29, 0.717) is 12.1 Å². The maximum atomic E-state index is 12.7. The second kappa shape index (κ2) is 11.5. The van der Waals surface area contributed by atoms with Gasteiger partial charge in [-0.15, -0.1) is 0 Å². The molecule has 1 atom stereocenters. The number of carbonyl (C=O) groups excluding carboxylic acids is 3. The lowest BCUT2D eigenvalue weighted by Gasteiger charge is -2.22. The van der Waals surface area contributed by atoms with Crippen LogP contribution in [0.4, 0.5) is 0 Å². The van der Waals surface area contributed by atoms with Crippen LogP contribution in [0.2, 0.25) is 0 Å². The Morgan fingerprint density at radius 3 is 2.06 bits per heavy atom. The molecule has 0 fully saturated rings. The number of benzene rings is 2. The Morgan fingerprint density at radius 2 is 1.55 bits per heavy atom. The van der Waals surface area contributed by atoms with Crippen molar-refractivity contribution in [3.05, 3.63) is 65.2 Å². The summed E-state index contributed by atoms with van der Waals surface area (Å²) in [6.07, 6.45) is 0. The Kier molecular flexibility index (Phi) is 9.02. The molecule has 2 aromatic carbocycles. The highest BCUT2D eigenvalue weighted by Crippen LogP contribution is 2.22. The molecule has 0 radical (unpaired) electrons. The van der Waals surface area contributed by atoms with Crippen LogP contribution in [-0.4, -0.2) is 37.5 Å². The third-order valence-corrected chi connectivity index (χ3v) is 5.21. The summed E-state index contributed by atoms with van der Waals surface area (Å²) in [7, 11) is 1.58. The summed E-state index contributed by atoms with van der Waals surface area (Å²) in [5, 5.41) is 5.43. The van der Waals surface area contributed by atoms with E-state index < -0.39 is 24.5 Å². The first-order chi connectivity index (χ1) is 15.5. The van der Waals surface area contributed by atoms with Gasteiger partial charge in [0.2, 0.25) is 0 Å². The second-order valence-electron chi connectivity index (χ2n) is 9.26. The Labute approximate surface area is 195 Å². The molecule has 33 heavy (non-hydrogen) atoms. The Morgan fingerprint density at radius 1 is 0.939 bits per heavy atom. The molecule has 2 aromatic rings. The smallest absolute Gasteiger partial charge is 0.329 e. The van der Waals surface area contributed by atoms with Gasteiger partial charge in [-0.25, -0.2) is 4.79 Å². The SMILES string of the molecule is COc1ccc(CNC(=O)COC(=O)[C@@H](NC(=O)c2ccc(C(C)(C)C)cc2)C(C)C)cc1. The average molecular weight is 455 g/mol. The molecule has 0 saturated carbocycles. The number of hydrogen-bond acceptors (Lipinski definition) is 5. The minimum Gasteiger partial charge on any atom is -0.497 e. The molecule has 0 heterocycles. The maximum absolute atomic E-state index is 12.7. The first-order valence-corrected chi connectivity index (χ1v) is 11.0. The molecule has 0 aliphatic carbocycles. The third-order valence-electron chi connectivity index (χ3n) is 5.21. The standard InChI is InChI=1S/C26H34N2O5/c1-17(2)23(28-24(30)19-9-11-20(12-10-19)26(3,4)5)25(31)33-16-22(29)27-15-18-7-13-21(32-6)14-8-18/h7-14,17,23H,15-16H2,1-6H3,(H,27,29)(H,28,30)/t23-/m0/s1. The number of nitrogens with one attached hydrogen (secondary N) is 2. The Balaban J connectivity index is 1.88. The highest BCUT2D eigenvalue weighted by Gasteiger charge is 2.27. The van der Waals surface area contributed by atoms with E-state index in [-0.39, 0.29) is 17.2 Å². The first-order valence-electron chi connectivity index (χ1n) is 11.0. The van der Waals surface area contributed by atoms with Crippen molar-refractivity contribution in [1.82, 2.24) is 10.6 Å². The lowest BCUT2D eigenvalue weighted by molar-refractivity contribution is -0.151. The van der Waals surface area contributed by atoms with Crippen LogP contribution < -0.4 is 15.4 Å². The number of methoxy groups -OCH3 is 1. The van der Waals surface area contributed by atoms with Crippen molar-refractivity contribution in [3.8, 4) is 5.75 Å². The van der Waals surface area contributed by atoms with Crippen molar-refractivity contribution in [2.45, 2.75) is 52.6 Å². The van der Waals surface area contributed by atoms with E-state index in [1.807, 2.05) is 24.3 Å². The minimum atomic E-state index is -0.866. The molecule has 0 aliphatic rings. The first kappa shape index (κ1) is 25.9. The van der Waals surface area contributed by atoms with Crippen LogP contribution in [0.5, 0.6) is 5.75 Å². The zero-order valence-corrected chi connectivity index (χ0v) is 20.2. The number of rotatable bonds is 9. The second-order valence-corrected chi connectivity index (χ2v) is 9.26. The fourth-order valence-corrected chi connectivity index (χ4v) is 3.07. The van der Waals surface area contributed by atoms with Gasteiger partial charge in [0.1, 0.15) is 11.8 Å². The van der Waals surface area contributed by atoms with E-state index in [2.05, 4.69) is 31.4 Å². The quantitative estimate of drug-likeness (QED) is 0.565. The molecule has 2 amide bonds. The molecule has 0 unspecified atom stereocenters. The van der Waals surface area contributed by atoms with Gasteiger partial charge in [-0.3, -0.25) is 9.59 Å². The predicted octanol–water partition coefficient (Wildman–Crippen LogP) is 3.61. The Hall–Kier alpha value is -3.35. The molecule has 0 bridgehead atoms. The van der Waals surface area contributed by atoms with Crippen molar-refractivity contribution in [2.24, 2.45) is 5.92 Å². The highest BCUT2D eigenvalue weighted by molar-refractivity contribution is 5.97. The van der Waals surface area contributed by atoms with Gasteiger partial charge < -0.3 is 20.1 Å². The summed E-state index contributed by atoms with van der Waals surface area (Å²) in [5.41, 5.74) is 2.44. The summed E-state index contributed by atoms with van der Waals surface area (Å²) in [6.45, 7) is 9.78. The van der Waals surface area contributed by atoms with E-state index >= 15 is 0 Å². The largest absolute Gasteiger partial charge is 0.497 e. The molecule has 2 rings (SSSR count). The van der Waals surface area contributed by atoms with E-state index in [0.717, 1.165) is 16.9 Å². The van der Waals surface area contributed by atoms with Gasteiger partial charge >= 0.3 is 5.97 Å². The number of hydrogen-bond donors (Lipinski definition) is 2. The van der Waals surface area contributed by atoms with Crippen LogP contribution in [0.15, 0.2) is 48.5 Å². The van der Waals surface area contributed by atoms with E-state index in [9.17, 15) is 14.4 Å². The molecule has 0 spiro atoms. The summed E-state index contributed by atoms with van der Waals surface area (Å²) in [6, 6.07) is 13.7. The lowest BCUT2D eigenvalue weighted by atomic mass is 9.86. The van der Waals surface area contributed by atoms with Crippen LogP contribution in [0.25, 0.3) is 0 Å². The number of carbonyl (C=O) groups is 3. The van der Waals surface area contributed by atoms with Crippen molar-refractivity contribution in [1.29, 1.82) is 0 Å². The fourth-order valence-electron chi connectivity index (χ4n) is 3.07. The van der Waals surface area contributed by atoms with Crippen LogP contribution >= 0.6 is 0 Å². The summed E-state index contributed by atoms with van der Waals surface area (Å²) in [4.78, 5) is 37.3. The molecule has 0 aliphatic heterocycles. The van der Waals surface area contributed by atoms with Crippen LogP contribution in [0.1, 0.15) is 56.1 Å². The summed E-state index contributed by atoms with van der Waals surface area (Å²) >= 11 is 0. The van der Waals surface area contributed by atoms with Crippen molar-refractivity contribution in [2.75, 3.05) is 13.7 Å². The van der Waals surface area contributed by atoms with Crippen molar-refractivity contribution in [3.63, 3.8) is 0 Å². The van der Waals surface area contributed by atoms with Crippen molar-refractivity contribution >= 4 is 17.8 Å². The average Bonchev–Trinajstić information content (AvgIpc) is 2.79. The van der Waals surface area contributed by atoms with Crippen molar-refractivity contribution < 1.29 is 23.9 Å². The molecule has 7 heteroatoms. The highest BCUT2D eigenvalue weighted by atomic mass is 16.5. The van der Waals surface area contributed by atoms with E-state index in [1.54, 1.807) is 45.2 Å². The topological polar surface area (TPSA) is 93.7 Å². The molecule has 0 aromatic heterocycles. The predicted molar refractivity (Wildman–Crippen MR) is 127 cm³/mol. The van der Waals surface area contributed by atoms with Gasteiger partial charge in [0, 0.05) is 12.1 Å². The molecule has 0 saturated heterocycles. The van der Waals surface area contributed by atoms with Gasteiger partial charge in [-0.05, 0) is 46.7 Å². The number of esters is 1. The zero-order valence-electron chi connectivity index (χ0n) is 20.2. The summed E-state index contributed by atoms with van der Waals surface area (Å²) < 4.78 is 10.3. The van der Waals surface area contributed by atoms with Gasteiger partial charge in [0.25, 0.3) is 11.8 Å². The molecule has 178 valence electrons. The summed E-state index contributed by atoms with van der Waals surface area (Å²) in [5.74, 6) is -0.923. The van der Waals surface area contributed by atoms with Gasteiger partial charge in [0.15, 0.2) is 6.61 Å². The van der Waals surface area contributed by atoms with Crippen LogP contribution in [-0.2, 0) is 26.3 Å². The maximum Gasteiger partial charge on any atom is 0.329 e. The Bertz CT molecular complexity index is 944. The fraction of sp³-hybridized carbons (Fsp3) is 0.423. The molecular weight excluding hydrogens is 420 g/mol. The minimum absolute atomic E-state index is 0.0206. The van der Waals surface area contributed by atoms with E-state index in [4.69, 9.17) is 9.47 Å². The van der Waals surface area contributed by atoms with Crippen LogP contribution in [0, 0.1) is 5.92 Å². The van der Waals surface area contributed by atoms with Gasteiger partial charge in [-0.2, -0.15) is 0 Å². The third kappa shape index (κ3) is 7.93. The van der Waals surface area contributed by atoms with Gasteiger partial charge in [0.05, 0.1) is 7.11 Å². The molecule has 2 N–H and O–H groups in total.